The van der Waals surface area contributed by atoms with E-state index in [-0.39, 0.29) is 0 Å². The minimum absolute atomic E-state index is 0.642. The molecule has 0 unspecified atom stereocenters. The van der Waals surface area contributed by atoms with E-state index >= 15 is 0 Å². The minimum atomic E-state index is 0.642. The molecule has 2 nitrogen and oxygen atoms in total. The largest absolute Gasteiger partial charge is 0.493 e. The SMILES string of the molecule is CCOc1ccc2ccccc2c1/C=N/c1ccc(C)cc1C. The molecule has 0 amide bonds. The Labute approximate surface area is 137 Å². The van der Waals surface area contributed by atoms with Gasteiger partial charge in [0, 0.05) is 11.8 Å². The van der Waals surface area contributed by atoms with Gasteiger partial charge in [-0.2, -0.15) is 0 Å². The van der Waals surface area contributed by atoms with Crippen LogP contribution in [-0.4, -0.2) is 12.8 Å². The molecule has 0 saturated carbocycles. The van der Waals surface area contributed by atoms with E-state index in [0.29, 0.717) is 6.61 Å². The number of hydrogen-bond donors (Lipinski definition) is 0. The lowest BCUT2D eigenvalue weighted by Gasteiger charge is -2.10. The molecule has 0 aliphatic heterocycles. The van der Waals surface area contributed by atoms with Gasteiger partial charge >= 0.3 is 0 Å². The standard InChI is InChI=1S/C21H21NO/c1-4-23-21-12-10-17-7-5-6-8-18(17)19(21)14-22-20-11-9-15(2)13-16(20)3/h5-14H,4H2,1-3H3/b22-14+. The molecule has 0 aliphatic rings. The Morgan fingerprint density at radius 2 is 1.83 bits per heavy atom. The van der Waals surface area contributed by atoms with Gasteiger partial charge in [0.05, 0.1) is 12.3 Å². The van der Waals surface area contributed by atoms with E-state index in [1.54, 1.807) is 0 Å². The van der Waals surface area contributed by atoms with E-state index in [2.05, 4.69) is 50.2 Å². The van der Waals surface area contributed by atoms with Gasteiger partial charge in [0.1, 0.15) is 5.75 Å². The second kappa shape index (κ2) is 6.66. The summed E-state index contributed by atoms with van der Waals surface area (Å²) in [6.45, 7) is 6.83. The van der Waals surface area contributed by atoms with E-state index < -0.39 is 0 Å². The van der Waals surface area contributed by atoms with Crippen molar-refractivity contribution in [2.45, 2.75) is 20.8 Å². The number of ether oxygens (including phenoxy) is 1. The fraction of sp³-hybridized carbons (Fsp3) is 0.190. The van der Waals surface area contributed by atoms with Crippen molar-refractivity contribution < 1.29 is 4.74 Å². The van der Waals surface area contributed by atoms with Crippen molar-refractivity contribution >= 4 is 22.7 Å². The molecule has 0 spiro atoms. The van der Waals surface area contributed by atoms with Crippen LogP contribution in [0.1, 0.15) is 23.6 Å². The average molecular weight is 303 g/mol. The lowest BCUT2D eigenvalue weighted by atomic mass is 10.0. The molecule has 3 rings (SSSR count). The molecule has 0 fully saturated rings. The lowest BCUT2D eigenvalue weighted by Crippen LogP contribution is -1.97. The third-order valence-electron chi connectivity index (χ3n) is 3.92. The zero-order valence-electron chi connectivity index (χ0n) is 13.8. The summed E-state index contributed by atoms with van der Waals surface area (Å²) in [5, 5.41) is 2.35. The van der Waals surface area contributed by atoms with E-state index in [9.17, 15) is 0 Å². The first kappa shape index (κ1) is 15.3. The Bertz CT molecular complexity index is 865. The summed E-state index contributed by atoms with van der Waals surface area (Å²) >= 11 is 0. The summed E-state index contributed by atoms with van der Waals surface area (Å²) in [5.41, 5.74) is 4.46. The van der Waals surface area contributed by atoms with Crippen LogP contribution in [0.5, 0.6) is 5.75 Å². The number of aliphatic imine (C=N–C) groups is 1. The number of nitrogens with zero attached hydrogens (tertiary/aromatic N) is 1. The van der Waals surface area contributed by atoms with E-state index in [0.717, 1.165) is 22.4 Å². The first-order chi connectivity index (χ1) is 11.2. The van der Waals surface area contributed by atoms with E-state index in [1.807, 2.05) is 31.3 Å². The molecular weight excluding hydrogens is 282 g/mol. The van der Waals surface area contributed by atoms with Gasteiger partial charge in [-0.25, -0.2) is 0 Å². The predicted octanol–water partition coefficient (Wildman–Crippen LogP) is 5.61. The van der Waals surface area contributed by atoms with E-state index in [1.165, 1.54) is 16.5 Å². The van der Waals surface area contributed by atoms with E-state index in [4.69, 9.17) is 9.73 Å². The molecule has 0 saturated heterocycles. The summed E-state index contributed by atoms with van der Waals surface area (Å²) in [4.78, 5) is 4.71. The van der Waals surface area contributed by atoms with Gasteiger partial charge in [-0.1, -0.05) is 48.0 Å². The molecule has 3 aromatic rings. The Balaban J connectivity index is 2.10. The van der Waals surface area contributed by atoms with Crippen molar-refractivity contribution in [1.82, 2.24) is 0 Å². The first-order valence-electron chi connectivity index (χ1n) is 7.95. The second-order valence-electron chi connectivity index (χ2n) is 5.68. The molecule has 0 heterocycles. The number of hydrogen-bond acceptors (Lipinski definition) is 2. The maximum absolute atomic E-state index is 5.79. The average Bonchev–Trinajstić information content (AvgIpc) is 2.55. The summed E-state index contributed by atoms with van der Waals surface area (Å²) in [7, 11) is 0. The van der Waals surface area contributed by atoms with Gasteiger partial charge in [0.25, 0.3) is 0 Å². The van der Waals surface area contributed by atoms with Gasteiger partial charge in [-0.05, 0) is 49.2 Å². The van der Waals surface area contributed by atoms with Crippen LogP contribution in [0.4, 0.5) is 5.69 Å². The fourth-order valence-electron chi connectivity index (χ4n) is 2.77. The van der Waals surface area contributed by atoms with Crippen molar-refractivity contribution in [2.24, 2.45) is 4.99 Å². The molecule has 0 atom stereocenters. The summed E-state index contributed by atoms with van der Waals surface area (Å²) in [6.07, 6.45) is 1.92. The van der Waals surface area contributed by atoms with Crippen LogP contribution >= 0.6 is 0 Å². The summed E-state index contributed by atoms with van der Waals surface area (Å²) in [6, 6.07) is 18.7. The van der Waals surface area contributed by atoms with Crippen LogP contribution in [0.2, 0.25) is 0 Å². The monoisotopic (exact) mass is 303 g/mol. The molecule has 0 bridgehead atoms. The normalized spacial score (nSPS) is 11.3. The third-order valence-corrected chi connectivity index (χ3v) is 3.92. The van der Waals surface area contributed by atoms with Gasteiger partial charge in [0.2, 0.25) is 0 Å². The lowest BCUT2D eigenvalue weighted by molar-refractivity contribution is 0.340. The maximum atomic E-state index is 5.79. The summed E-state index contributed by atoms with van der Waals surface area (Å²) in [5.74, 6) is 0.875. The Hall–Kier alpha value is -2.61. The zero-order chi connectivity index (χ0) is 16.2. The first-order valence-corrected chi connectivity index (χ1v) is 7.95. The van der Waals surface area contributed by atoms with Crippen molar-refractivity contribution in [3.8, 4) is 5.75 Å². The molecule has 23 heavy (non-hydrogen) atoms. The number of benzene rings is 3. The highest BCUT2D eigenvalue weighted by atomic mass is 16.5. The molecule has 2 heteroatoms. The molecule has 0 aromatic heterocycles. The quantitative estimate of drug-likeness (QED) is 0.574. The maximum Gasteiger partial charge on any atom is 0.128 e. The van der Waals surface area contributed by atoms with Crippen LogP contribution in [-0.2, 0) is 0 Å². The van der Waals surface area contributed by atoms with Crippen molar-refractivity contribution in [1.29, 1.82) is 0 Å². The Morgan fingerprint density at radius 1 is 1.00 bits per heavy atom. The van der Waals surface area contributed by atoms with Crippen LogP contribution < -0.4 is 4.74 Å². The molecule has 0 radical (unpaired) electrons. The van der Waals surface area contributed by atoms with Crippen LogP contribution in [0.25, 0.3) is 10.8 Å². The smallest absolute Gasteiger partial charge is 0.128 e. The Kier molecular flexibility index (Phi) is 4.42. The molecule has 0 N–H and O–H groups in total. The molecule has 3 aromatic carbocycles. The highest BCUT2D eigenvalue weighted by Crippen LogP contribution is 2.28. The second-order valence-corrected chi connectivity index (χ2v) is 5.68. The van der Waals surface area contributed by atoms with Crippen molar-refractivity contribution in [3.63, 3.8) is 0 Å². The minimum Gasteiger partial charge on any atom is -0.493 e. The van der Waals surface area contributed by atoms with Crippen molar-refractivity contribution in [3.05, 3.63) is 71.3 Å². The van der Waals surface area contributed by atoms with Gasteiger partial charge < -0.3 is 4.74 Å². The highest BCUT2D eigenvalue weighted by Gasteiger charge is 2.07. The van der Waals surface area contributed by atoms with Gasteiger partial charge in [-0.15, -0.1) is 0 Å². The third kappa shape index (κ3) is 3.26. The number of rotatable bonds is 4. The zero-order valence-corrected chi connectivity index (χ0v) is 13.8. The topological polar surface area (TPSA) is 21.6 Å². The van der Waals surface area contributed by atoms with Gasteiger partial charge in [-0.3, -0.25) is 4.99 Å². The van der Waals surface area contributed by atoms with Crippen LogP contribution in [0, 0.1) is 13.8 Å². The van der Waals surface area contributed by atoms with Crippen LogP contribution in [0.15, 0.2) is 59.6 Å². The molecular formula is C21H21NO. The number of aryl methyl sites for hydroxylation is 2. The molecule has 0 aliphatic carbocycles. The predicted molar refractivity (Wildman–Crippen MR) is 98.3 cm³/mol. The van der Waals surface area contributed by atoms with Crippen molar-refractivity contribution in [2.75, 3.05) is 6.61 Å². The fourth-order valence-corrected chi connectivity index (χ4v) is 2.77. The van der Waals surface area contributed by atoms with Crippen LogP contribution in [0.3, 0.4) is 0 Å². The van der Waals surface area contributed by atoms with Gasteiger partial charge in [0.15, 0.2) is 0 Å². The Morgan fingerprint density at radius 3 is 2.61 bits per heavy atom. The summed E-state index contributed by atoms with van der Waals surface area (Å²) < 4.78 is 5.79. The highest BCUT2D eigenvalue weighted by molar-refractivity contribution is 6.03. The number of fused-ring (bicyclic) bond motifs is 1. The molecule has 116 valence electrons.